The van der Waals surface area contributed by atoms with Crippen molar-refractivity contribution in [1.29, 1.82) is 0 Å². The van der Waals surface area contributed by atoms with E-state index in [4.69, 9.17) is 4.74 Å². The number of amides is 5. The first-order valence-corrected chi connectivity index (χ1v) is 21.3. The van der Waals surface area contributed by atoms with Crippen molar-refractivity contribution in [3.63, 3.8) is 0 Å². The number of aromatic nitrogens is 2. The Kier molecular flexibility index (Phi) is 16.9. The Balaban J connectivity index is 1.39. The number of benzene rings is 2. The number of carbonyl (C=O) groups excluding carboxylic acids is 3. The summed E-state index contributed by atoms with van der Waals surface area (Å²) in [6.07, 6.45) is 0.582. The topological polar surface area (TPSA) is 190 Å². The summed E-state index contributed by atoms with van der Waals surface area (Å²) in [7, 11) is 1.61. The third-order valence-corrected chi connectivity index (χ3v) is 11.8. The molecule has 3 heterocycles. The van der Waals surface area contributed by atoms with E-state index in [1.54, 1.807) is 35.0 Å². The van der Waals surface area contributed by atoms with E-state index >= 15 is 0 Å². The molecule has 15 nitrogen and oxygen atoms in total. The summed E-state index contributed by atoms with van der Waals surface area (Å²) in [5, 5.41) is 31.5. The molecule has 5 rings (SSSR count). The van der Waals surface area contributed by atoms with E-state index in [0.29, 0.717) is 39.1 Å². The van der Waals surface area contributed by atoms with Gasteiger partial charge >= 0.3 is 12.1 Å². The van der Waals surface area contributed by atoms with Gasteiger partial charge in [0.05, 0.1) is 36.7 Å². The summed E-state index contributed by atoms with van der Waals surface area (Å²) in [6.45, 7) is 9.07. The van der Waals surface area contributed by atoms with Crippen LogP contribution in [-0.4, -0.2) is 110 Å². The van der Waals surface area contributed by atoms with E-state index in [1.807, 2.05) is 98.9 Å². The van der Waals surface area contributed by atoms with E-state index in [1.165, 1.54) is 11.3 Å². The Morgan fingerprint density at radius 2 is 1.63 bits per heavy atom. The molecule has 2 aromatic carbocycles. The highest BCUT2D eigenvalue weighted by molar-refractivity contribution is 7.09. The predicted octanol–water partition coefficient (Wildman–Crippen LogP) is 5.31. The molecule has 60 heavy (non-hydrogen) atoms. The van der Waals surface area contributed by atoms with Gasteiger partial charge in [-0.2, -0.15) is 0 Å². The lowest BCUT2D eigenvalue weighted by Crippen LogP contribution is -2.59. The van der Waals surface area contributed by atoms with Crippen LogP contribution in [0.5, 0.6) is 0 Å². The summed E-state index contributed by atoms with van der Waals surface area (Å²) in [4.78, 5) is 66.3. The number of carboxylic acid groups (broad SMARTS) is 1. The molecule has 1 fully saturated rings. The molecule has 5 N–H and O–H groups in total. The second-order valence-electron chi connectivity index (χ2n) is 15.3. The predicted molar refractivity (Wildman–Crippen MR) is 229 cm³/mol. The number of hydrogen-bond acceptors (Lipinski definition) is 10. The number of thiazole rings is 1. The van der Waals surface area contributed by atoms with Gasteiger partial charge in [-0.1, -0.05) is 101 Å². The van der Waals surface area contributed by atoms with Gasteiger partial charge in [0, 0.05) is 50.4 Å². The second kappa shape index (κ2) is 22.3. The zero-order chi connectivity index (χ0) is 43.2. The van der Waals surface area contributed by atoms with Crippen molar-refractivity contribution in [2.45, 2.75) is 90.9 Å². The van der Waals surface area contributed by atoms with Gasteiger partial charge in [-0.25, -0.2) is 19.6 Å². The lowest BCUT2D eigenvalue weighted by Gasteiger charge is -2.35. The highest BCUT2D eigenvalue weighted by atomic mass is 32.1. The number of nitrogens with one attached hydrogen (secondary N) is 3. The average molecular weight is 843 g/mol. The van der Waals surface area contributed by atoms with Crippen LogP contribution in [0.2, 0.25) is 0 Å². The molecule has 1 saturated heterocycles. The fourth-order valence-corrected chi connectivity index (χ4v) is 8.02. The SMILES string of the molecule is CC[C@H](C)[C@H](NC(=O)O)C(=O)NN(Cc1ccc(-c2ccccn2)cc1)C[C@H](O)[C@H](Cc1ccccc1)NC(=O)[C@H]([C@@H](C)CC)N1CCN(Cc2csc(COC)n2)C1=O. The summed E-state index contributed by atoms with van der Waals surface area (Å²) in [6, 6.07) is 19.8. The monoisotopic (exact) mass is 842 g/mol. The van der Waals surface area contributed by atoms with Crippen LogP contribution in [0.4, 0.5) is 9.59 Å². The van der Waals surface area contributed by atoms with E-state index in [0.717, 1.165) is 33.1 Å². The van der Waals surface area contributed by atoms with Gasteiger partial charge in [-0.3, -0.25) is 20.0 Å². The summed E-state index contributed by atoms with van der Waals surface area (Å²) in [5.74, 6) is -1.50. The molecule has 0 radical (unpaired) electrons. The van der Waals surface area contributed by atoms with Crippen molar-refractivity contribution in [3.8, 4) is 11.3 Å². The van der Waals surface area contributed by atoms with Crippen LogP contribution in [0.15, 0.2) is 84.4 Å². The van der Waals surface area contributed by atoms with Gasteiger partial charge in [0.25, 0.3) is 5.91 Å². The maximum absolute atomic E-state index is 14.5. The number of aliphatic hydroxyl groups is 1. The second-order valence-corrected chi connectivity index (χ2v) is 16.3. The number of rotatable bonds is 22. The fraction of sp³-hybridized carbons (Fsp3) is 0.455. The summed E-state index contributed by atoms with van der Waals surface area (Å²) in [5.41, 5.74) is 7.01. The van der Waals surface area contributed by atoms with Gasteiger partial charge in [0.2, 0.25) is 5.91 Å². The van der Waals surface area contributed by atoms with Crippen LogP contribution in [0.3, 0.4) is 0 Å². The molecule has 1 aliphatic heterocycles. The molecule has 6 atom stereocenters. The van der Waals surface area contributed by atoms with Crippen molar-refractivity contribution in [3.05, 3.63) is 106 Å². The number of carbonyl (C=O) groups is 4. The van der Waals surface area contributed by atoms with Crippen LogP contribution < -0.4 is 16.1 Å². The lowest BCUT2D eigenvalue weighted by molar-refractivity contribution is -0.132. The summed E-state index contributed by atoms with van der Waals surface area (Å²) >= 11 is 1.47. The first-order valence-electron chi connectivity index (χ1n) is 20.5. The maximum atomic E-state index is 14.5. The Hall–Kier alpha value is -5.42. The van der Waals surface area contributed by atoms with Crippen LogP contribution in [0.1, 0.15) is 62.4 Å². The third-order valence-electron chi connectivity index (χ3n) is 11.0. The molecule has 4 aromatic rings. The number of ether oxygens (including phenoxy) is 1. The van der Waals surface area contributed by atoms with Gasteiger partial charge in [0.15, 0.2) is 0 Å². The van der Waals surface area contributed by atoms with E-state index < -0.39 is 42.1 Å². The molecular weight excluding hydrogens is 785 g/mol. The lowest BCUT2D eigenvalue weighted by atomic mass is 9.95. The largest absolute Gasteiger partial charge is 0.465 e. The van der Waals surface area contributed by atoms with Gasteiger partial charge in [-0.15, -0.1) is 11.3 Å². The quantitative estimate of drug-likeness (QED) is 0.0649. The van der Waals surface area contributed by atoms with Crippen molar-refractivity contribution in [1.82, 2.24) is 40.8 Å². The molecule has 5 amide bonds. The molecule has 322 valence electrons. The van der Waals surface area contributed by atoms with Crippen LogP contribution in [-0.2, 0) is 40.4 Å². The van der Waals surface area contributed by atoms with Crippen molar-refractivity contribution < 1.29 is 34.1 Å². The number of aliphatic hydroxyl groups excluding tert-OH is 1. The number of methoxy groups -OCH3 is 1. The molecular formula is C44H58N8O7S. The zero-order valence-electron chi connectivity index (χ0n) is 35.0. The first-order chi connectivity index (χ1) is 28.9. The molecule has 0 aliphatic carbocycles. The molecule has 16 heteroatoms. The van der Waals surface area contributed by atoms with Crippen molar-refractivity contribution >= 4 is 35.3 Å². The van der Waals surface area contributed by atoms with Gasteiger partial charge < -0.3 is 35.4 Å². The number of nitrogens with zero attached hydrogens (tertiary/aromatic N) is 5. The fourth-order valence-electron chi connectivity index (χ4n) is 7.26. The number of hydrazine groups is 1. The first kappa shape index (κ1) is 45.7. The average Bonchev–Trinajstić information content (AvgIpc) is 3.85. The number of urea groups is 1. The smallest absolute Gasteiger partial charge is 0.405 e. The Labute approximate surface area is 356 Å². The standard InChI is InChI=1S/C44H58N8O7S/c1-6-29(3)39(48-43(56)57)41(54)49-51(24-32-16-18-33(19-17-32)35-15-11-12-20-45-35)26-37(53)36(23-31-13-9-8-10-14-31)47-42(55)40(30(4)7-2)52-22-21-50(44(52)58)25-34-28-60-38(46-34)27-59-5/h8-20,28-30,36-37,39-40,48,53H,6-7,21-27H2,1-5H3,(H,47,55)(H,49,54)(H,56,57)/t29-,30-,36-,37-,39-,40-/m0/s1. The van der Waals surface area contributed by atoms with Gasteiger partial charge in [0.1, 0.15) is 17.1 Å². The van der Waals surface area contributed by atoms with Crippen LogP contribution >= 0.6 is 11.3 Å². The highest BCUT2D eigenvalue weighted by Crippen LogP contribution is 2.24. The van der Waals surface area contributed by atoms with Gasteiger partial charge in [-0.05, 0) is 41.5 Å². The number of pyridine rings is 1. The minimum atomic E-state index is -1.33. The Bertz CT molecular complexity index is 1990. The van der Waals surface area contributed by atoms with E-state index in [-0.39, 0.29) is 37.4 Å². The molecule has 0 spiro atoms. The molecule has 0 saturated carbocycles. The number of hydrogen-bond donors (Lipinski definition) is 5. The van der Waals surface area contributed by atoms with Crippen molar-refractivity contribution in [2.24, 2.45) is 11.8 Å². The zero-order valence-corrected chi connectivity index (χ0v) is 35.8. The minimum absolute atomic E-state index is 0.130. The molecule has 2 aromatic heterocycles. The summed E-state index contributed by atoms with van der Waals surface area (Å²) < 4.78 is 5.20. The van der Waals surface area contributed by atoms with E-state index in [9.17, 15) is 29.4 Å². The molecule has 0 unspecified atom stereocenters. The van der Waals surface area contributed by atoms with E-state index in [2.05, 4.69) is 26.0 Å². The Morgan fingerprint density at radius 1 is 0.917 bits per heavy atom. The maximum Gasteiger partial charge on any atom is 0.405 e. The third kappa shape index (κ3) is 12.5. The minimum Gasteiger partial charge on any atom is -0.465 e. The van der Waals surface area contributed by atoms with Crippen LogP contribution in [0, 0.1) is 11.8 Å². The van der Waals surface area contributed by atoms with Crippen LogP contribution in [0.25, 0.3) is 11.3 Å². The Morgan fingerprint density at radius 3 is 2.28 bits per heavy atom. The highest BCUT2D eigenvalue weighted by Gasteiger charge is 2.41. The normalized spacial score (nSPS) is 15.9. The molecule has 0 bridgehead atoms. The van der Waals surface area contributed by atoms with Crippen molar-refractivity contribution in [2.75, 3.05) is 26.7 Å². The molecule has 1 aliphatic rings.